The van der Waals surface area contributed by atoms with Gasteiger partial charge in [0.1, 0.15) is 5.82 Å². The predicted octanol–water partition coefficient (Wildman–Crippen LogP) is 2.69. The first-order valence-corrected chi connectivity index (χ1v) is 5.33. The molecule has 1 aromatic rings. The van der Waals surface area contributed by atoms with Crippen LogP contribution in [-0.4, -0.2) is 13.6 Å². The Labute approximate surface area is 90.9 Å². The van der Waals surface area contributed by atoms with E-state index in [9.17, 15) is 4.39 Å². The number of rotatable bonds is 4. The van der Waals surface area contributed by atoms with Gasteiger partial charge in [-0.2, -0.15) is 0 Å². The number of halogens is 1. The molecule has 0 unspecified atom stereocenters. The summed E-state index contributed by atoms with van der Waals surface area (Å²) in [7, 11) is 1.96. The Hall–Kier alpha value is -1.09. The van der Waals surface area contributed by atoms with E-state index in [1.807, 2.05) is 24.9 Å². The van der Waals surface area contributed by atoms with Crippen molar-refractivity contribution >= 4 is 5.69 Å². The molecule has 3 heteroatoms. The molecule has 0 saturated carbocycles. The third-order valence-corrected chi connectivity index (χ3v) is 2.46. The topological polar surface area (TPSA) is 29.3 Å². The van der Waals surface area contributed by atoms with Crippen LogP contribution in [0.3, 0.4) is 0 Å². The molecule has 0 spiro atoms. The highest BCUT2D eigenvalue weighted by Crippen LogP contribution is 2.27. The van der Waals surface area contributed by atoms with Gasteiger partial charge in [-0.15, -0.1) is 0 Å². The van der Waals surface area contributed by atoms with E-state index in [1.165, 1.54) is 6.07 Å². The van der Waals surface area contributed by atoms with Crippen LogP contribution in [0.4, 0.5) is 10.1 Å². The molecule has 0 fully saturated rings. The maximum Gasteiger partial charge on any atom is 0.130 e. The van der Waals surface area contributed by atoms with Gasteiger partial charge in [-0.25, -0.2) is 4.39 Å². The van der Waals surface area contributed by atoms with Crippen LogP contribution >= 0.6 is 0 Å². The molecule has 0 bridgehead atoms. The van der Waals surface area contributed by atoms with Gasteiger partial charge in [-0.05, 0) is 25.5 Å². The Morgan fingerprint density at radius 2 is 2.13 bits per heavy atom. The van der Waals surface area contributed by atoms with Crippen LogP contribution in [0.25, 0.3) is 0 Å². The second-order valence-corrected chi connectivity index (χ2v) is 3.88. The molecule has 15 heavy (non-hydrogen) atoms. The van der Waals surface area contributed by atoms with E-state index < -0.39 is 0 Å². The van der Waals surface area contributed by atoms with Crippen LogP contribution < -0.4 is 10.6 Å². The molecule has 0 radical (unpaired) electrons. The van der Waals surface area contributed by atoms with Crippen molar-refractivity contribution in [1.82, 2.24) is 0 Å². The van der Waals surface area contributed by atoms with E-state index in [-0.39, 0.29) is 11.9 Å². The molecule has 0 aliphatic carbocycles. The Bertz CT molecular complexity index is 323. The van der Waals surface area contributed by atoms with Crippen molar-refractivity contribution in [3.05, 3.63) is 29.6 Å². The van der Waals surface area contributed by atoms with Crippen molar-refractivity contribution in [3.8, 4) is 0 Å². The second-order valence-electron chi connectivity index (χ2n) is 3.88. The highest BCUT2D eigenvalue weighted by molar-refractivity contribution is 5.54. The summed E-state index contributed by atoms with van der Waals surface area (Å²) < 4.78 is 13.6. The summed E-state index contributed by atoms with van der Waals surface area (Å²) >= 11 is 0. The van der Waals surface area contributed by atoms with Gasteiger partial charge in [0.15, 0.2) is 0 Å². The van der Waals surface area contributed by atoms with Crippen LogP contribution in [-0.2, 0) is 0 Å². The summed E-state index contributed by atoms with van der Waals surface area (Å²) in [5, 5.41) is 0. The van der Waals surface area contributed by atoms with Crippen LogP contribution in [0.5, 0.6) is 0 Å². The first kappa shape index (κ1) is 12.0. The Balaban J connectivity index is 3.10. The number of nitrogens with two attached hydrogens (primary N) is 1. The van der Waals surface area contributed by atoms with E-state index in [2.05, 4.69) is 6.92 Å². The molecule has 1 atom stereocenters. The van der Waals surface area contributed by atoms with Crippen molar-refractivity contribution in [2.45, 2.75) is 26.3 Å². The third kappa shape index (κ3) is 2.69. The second kappa shape index (κ2) is 5.12. The first-order valence-electron chi connectivity index (χ1n) is 5.33. The molecule has 2 nitrogen and oxygen atoms in total. The molecular weight excluding hydrogens is 191 g/mol. The van der Waals surface area contributed by atoms with Crippen molar-refractivity contribution in [1.29, 1.82) is 0 Å². The standard InChI is InChI=1S/C12H19FN2/c1-4-8-15(3)11-7-5-6-10(13)12(11)9(2)14/h5-7,9H,4,8,14H2,1-3H3/t9-/m0/s1. The lowest BCUT2D eigenvalue weighted by atomic mass is 10.1. The van der Waals surface area contributed by atoms with Crippen molar-refractivity contribution in [3.63, 3.8) is 0 Å². The summed E-state index contributed by atoms with van der Waals surface area (Å²) in [6.45, 7) is 4.81. The van der Waals surface area contributed by atoms with E-state index >= 15 is 0 Å². The lowest BCUT2D eigenvalue weighted by Crippen LogP contribution is -2.22. The van der Waals surface area contributed by atoms with E-state index in [1.54, 1.807) is 6.07 Å². The predicted molar refractivity (Wildman–Crippen MR) is 62.6 cm³/mol. The maximum atomic E-state index is 13.6. The minimum Gasteiger partial charge on any atom is -0.374 e. The fourth-order valence-corrected chi connectivity index (χ4v) is 1.77. The quantitative estimate of drug-likeness (QED) is 0.828. The average molecular weight is 210 g/mol. The summed E-state index contributed by atoms with van der Waals surface area (Å²) in [6.07, 6.45) is 1.03. The normalized spacial score (nSPS) is 12.6. The van der Waals surface area contributed by atoms with Gasteiger partial charge in [0, 0.05) is 30.9 Å². The van der Waals surface area contributed by atoms with Gasteiger partial charge in [-0.3, -0.25) is 0 Å². The lowest BCUT2D eigenvalue weighted by Gasteiger charge is -2.23. The summed E-state index contributed by atoms with van der Waals surface area (Å²) in [5.41, 5.74) is 7.28. The largest absolute Gasteiger partial charge is 0.374 e. The lowest BCUT2D eigenvalue weighted by molar-refractivity contribution is 0.592. The average Bonchev–Trinajstić information content (AvgIpc) is 2.17. The highest BCUT2D eigenvalue weighted by Gasteiger charge is 2.14. The van der Waals surface area contributed by atoms with Gasteiger partial charge in [0.2, 0.25) is 0 Å². The monoisotopic (exact) mass is 210 g/mol. The molecule has 1 aromatic carbocycles. The Morgan fingerprint density at radius 1 is 1.47 bits per heavy atom. The molecule has 0 saturated heterocycles. The van der Waals surface area contributed by atoms with Gasteiger partial charge < -0.3 is 10.6 Å². The van der Waals surface area contributed by atoms with Gasteiger partial charge in [-0.1, -0.05) is 13.0 Å². The maximum absolute atomic E-state index is 13.6. The molecule has 0 aromatic heterocycles. The van der Waals surface area contributed by atoms with Crippen molar-refractivity contribution in [2.24, 2.45) is 5.73 Å². The zero-order valence-electron chi connectivity index (χ0n) is 9.63. The number of nitrogens with zero attached hydrogens (tertiary/aromatic N) is 1. The molecule has 2 N–H and O–H groups in total. The van der Waals surface area contributed by atoms with Gasteiger partial charge in [0.25, 0.3) is 0 Å². The highest BCUT2D eigenvalue weighted by atomic mass is 19.1. The fourth-order valence-electron chi connectivity index (χ4n) is 1.77. The first-order chi connectivity index (χ1) is 7.07. The smallest absolute Gasteiger partial charge is 0.130 e. The molecule has 0 aliphatic rings. The SMILES string of the molecule is CCCN(C)c1cccc(F)c1[C@H](C)N. The van der Waals surface area contributed by atoms with Crippen LogP contribution in [0, 0.1) is 5.82 Å². The summed E-state index contributed by atoms with van der Waals surface area (Å²) in [5.74, 6) is -0.217. The van der Waals surface area contributed by atoms with Crippen molar-refractivity contribution in [2.75, 3.05) is 18.5 Å². The van der Waals surface area contributed by atoms with E-state index in [0.717, 1.165) is 18.7 Å². The van der Waals surface area contributed by atoms with Crippen LogP contribution in [0.2, 0.25) is 0 Å². The number of benzene rings is 1. The number of hydrogen-bond acceptors (Lipinski definition) is 2. The van der Waals surface area contributed by atoms with Crippen LogP contribution in [0.15, 0.2) is 18.2 Å². The summed E-state index contributed by atoms with van der Waals surface area (Å²) in [4.78, 5) is 2.04. The molecule has 0 aliphatic heterocycles. The molecule has 1 rings (SSSR count). The number of anilines is 1. The molecule has 0 heterocycles. The molecule has 84 valence electrons. The van der Waals surface area contributed by atoms with Gasteiger partial charge >= 0.3 is 0 Å². The molecular formula is C12H19FN2. The third-order valence-electron chi connectivity index (χ3n) is 2.46. The van der Waals surface area contributed by atoms with Crippen LogP contribution in [0.1, 0.15) is 31.9 Å². The zero-order valence-corrected chi connectivity index (χ0v) is 9.63. The number of hydrogen-bond donors (Lipinski definition) is 1. The zero-order chi connectivity index (χ0) is 11.4. The molecule has 0 amide bonds. The minimum atomic E-state index is -0.277. The summed E-state index contributed by atoms with van der Waals surface area (Å²) in [6, 6.07) is 4.82. The van der Waals surface area contributed by atoms with E-state index in [4.69, 9.17) is 5.73 Å². The fraction of sp³-hybridized carbons (Fsp3) is 0.500. The Morgan fingerprint density at radius 3 is 2.67 bits per heavy atom. The van der Waals surface area contributed by atoms with E-state index in [0.29, 0.717) is 5.56 Å². The minimum absolute atomic E-state index is 0.217. The van der Waals surface area contributed by atoms with Gasteiger partial charge in [0.05, 0.1) is 0 Å². The Kier molecular flexibility index (Phi) is 4.09. The van der Waals surface area contributed by atoms with Crippen molar-refractivity contribution < 1.29 is 4.39 Å².